The number of carbonyl (C=O) groups is 1. The second-order valence-corrected chi connectivity index (χ2v) is 6.98. The highest BCUT2D eigenvalue weighted by atomic mass is 16.5. The smallest absolute Gasteiger partial charge is 0.255 e. The fourth-order valence-corrected chi connectivity index (χ4v) is 3.27. The van der Waals surface area contributed by atoms with E-state index in [4.69, 9.17) is 14.6 Å². The Kier molecular flexibility index (Phi) is 5.48. The molecule has 3 aromatic rings. The third-order valence-corrected chi connectivity index (χ3v) is 5.05. The van der Waals surface area contributed by atoms with Crippen molar-refractivity contribution < 1.29 is 14.3 Å². The van der Waals surface area contributed by atoms with Gasteiger partial charge in [-0.25, -0.2) is 4.68 Å². The summed E-state index contributed by atoms with van der Waals surface area (Å²) in [5.41, 5.74) is 2.79. The van der Waals surface area contributed by atoms with Gasteiger partial charge in [-0.05, 0) is 30.3 Å². The van der Waals surface area contributed by atoms with Crippen molar-refractivity contribution in [2.24, 2.45) is 5.92 Å². The maximum absolute atomic E-state index is 13.0. The first-order chi connectivity index (χ1) is 14.2. The van der Waals surface area contributed by atoms with Crippen LogP contribution in [0.15, 0.2) is 54.7 Å². The van der Waals surface area contributed by atoms with E-state index >= 15 is 0 Å². The molecule has 0 bridgehead atoms. The Bertz CT molecular complexity index is 997. The first-order valence-corrected chi connectivity index (χ1v) is 9.56. The number of hydrogen-bond acceptors (Lipinski definition) is 5. The topological polar surface area (TPSA) is 77.4 Å². The normalized spacial score (nSPS) is 13.6. The largest absolute Gasteiger partial charge is 0.493 e. The van der Waals surface area contributed by atoms with E-state index in [-0.39, 0.29) is 5.91 Å². The number of aromatic nitrogens is 2. The zero-order chi connectivity index (χ0) is 20.2. The van der Waals surface area contributed by atoms with Gasteiger partial charge in [0.05, 0.1) is 25.5 Å². The number of carbonyl (C=O) groups excluding carboxylic acids is 1. The van der Waals surface area contributed by atoms with Crippen LogP contribution in [0.1, 0.15) is 10.4 Å². The van der Waals surface area contributed by atoms with Gasteiger partial charge in [-0.1, -0.05) is 18.2 Å². The molecular weight excluding hydrogens is 368 g/mol. The maximum atomic E-state index is 13.0. The number of ether oxygens (including phenoxy) is 2. The molecule has 0 spiro atoms. The van der Waals surface area contributed by atoms with E-state index in [0.29, 0.717) is 35.2 Å². The SMILES string of the molecule is COc1ccc(-c2nn(-c3ccccc3)cc2C(=O)NCC2CNC2)cc1OC. The molecule has 0 saturated carbocycles. The molecule has 0 unspecified atom stereocenters. The second kappa shape index (κ2) is 8.36. The first kappa shape index (κ1) is 19.0. The number of nitrogens with one attached hydrogen (secondary N) is 2. The molecule has 1 aliphatic heterocycles. The maximum Gasteiger partial charge on any atom is 0.255 e. The van der Waals surface area contributed by atoms with Crippen LogP contribution in [0.25, 0.3) is 16.9 Å². The van der Waals surface area contributed by atoms with Gasteiger partial charge in [0.15, 0.2) is 11.5 Å². The summed E-state index contributed by atoms with van der Waals surface area (Å²) in [6, 6.07) is 15.3. The zero-order valence-corrected chi connectivity index (χ0v) is 16.5. The van der Waals surface area contributed by atoms with Crippen molar-refractivity contribution in [3.63, 3.8) is 0 Å². The molecular formula is C22H24N4O3. The van der Waals surface area contributed by atoms with Crippen LogP contribution in [-0.2, 0) is 0 Å². The Morgan fingerprint density at radius 1 is 1.14 bits per heavy atom. The van der Waals surface area contributed by atoms with Crippen LogP contribution in [-0.4, -0.2) is 49.5 Å². The zero-order valence-electron chi connectivity index (χ0n) is 16.5. The number of amides is 1. The van der Waals surface area contributed by atoms with Gasteiger partial charge in [-0.3, -0.25) is 4.79 Å². The Hall–Kier alpha value is -3.32. The molecule has 0 radical (unpaired) electrons. The fraction of sp³-hybridized carbons (Fsp3) is 0.273. The first-order valence-electron chi connectivity index (χ1n) is 9.56. The minimum Gasteiger partial charge on any atom is -0.493 e. The van der Waals surface area contributed by atoms with Crippen LogP contribution in [0.2, 0.25) is 0 Å². The third kappa shape index (κ3) is 3.95. The lowest BCUT2D eigenvalue weighted by atomic mass is 10.0. The summed E-state index contributed by atoms with van der Waals surface area (Å²) in [7, 11) is 3.18. The molecule has 4 rings (SSSR count). The molecule has 0 atom stereocenters. The van der Waals surface area contributed by atoms with Crippen LogP contribution in [0.5, 0.6) is 11.5 Å². The van der Waals surface area contributed by atoms with E-state index < -0.39 is 0 Å². The highest BCUT2D eigenvalue weighted by Crippen LogP contribution is 2.33. The lowest BCUT2D eigenvalue weighted by Crippen LogP contribution is -2.48. The summed E-state index contributed by atoms with van der Waals surface area (Å²) in [5, 5.41) is 11.0. The van der Waals surface area contributed by atoms with E-state index in [1.165, 1.54) is 0 Å². The Morgan fingerprint density at radius 3 is 2.55 bits per heavy atom. The van der Waals surface area contributed by atoms with Crippen LogP contribution in [0.3, 0.4) is 0 Å². The molecule has 1 aromatic heterocycles. The number of hydrogen-bond donors (Lipinski definition) is 2. The summed E-state index contributed by atoms with van der Waals surface area (Å²) in [6.07, 6.45) is 1.77. The molecule has 1 fully saturated rings. The number of nitrogens with zero attached hydrogens (tertiary/aromatic N) is 2. The summed E-state index contributed by atoms with van der Waals surface area (Å²) in [4.78, 5) is 13.0. The Labute approximate surface area is 169 Å². The summed E-state index contributed by atoms with van der Waals surface area (Å²) < 4.78 is 12.5. The average molecular weight is 392 g/mol. The van der Waals surface area contributed by atoms with Gasteiger partial charge < -0.3 is 20.1 Å². The molecule has 7 nitrogen and oxygen atoms in total. The van der Waals surface area contributed by atoms with E-state index in [0.717, 1.165) is 24.3 Å². The lowest BCUT2D eigenvalue weighted by molar-refractivity contribution is 0.0943. The van der Waals surface area contributed by atoms with Crippen molar-refractivity contribution in [2.45, 2.75) is 0 Å². The molecule has 2 aromatic carbocycles. The lowest BCUT2D eigenvalue weighted by Gasteiger charge is -2.27. The number of para-hydroxylation sites is 1. The van der Waals surface area contributed by atoms with Gasteiger partial charge >= 0.3 is 0 Å². The van der Waals surface area contributed by atoms with Crippen molar-refractivity contribution in [3.8, 4) is 28.4 Å². The minimum absolute atomic E-state index is 0.135. The van der Waals surface area contributed by atoms with Gasteiger partial charge in [-0.2, -0.15) is 5.10 Å². The summed E-state index contributed by atoms with van der Waals surface area (Å²) >= 11 is 0. The number of rotatable bonds is 7. The summed E-state index contributed by atoms with van der Waals surface area (Å²) in [5.74, 6) is 1.56. The monoisotopic (exact) mass is 392 g/mol. The van der Waals surface area contributed by atoms with Crippen LogP contribution >= 0.6 is 0 Å². The highest BCUT2D eigenvalue weighted by molar-refractivity contribution is 6.00. The van der Waals surface area contributed by atoms with E-state index in [2.05, 4.69) is 10.6 Å². The fourth-order valence-electron chi connectivity index (χ4n) is 3.27. The van der Waals surface area contributed by atoms with Crippen LogP contribution < -0.4 is 20.1 Å². The molecule has 1 saturated heterocycles. The van der Waals surface area contributed by atoms with Crippen molar-refractivity contribution in [1.29, 1.82) is 0 Å². The Balaban J connectivity index is 1.72. The molecule has 1 aliphatic rings. The number of benzene rings is 2. The van der Waals surface area contributed by atoms with Gasteiger partial charge in [0.1, 0.15) is 5.69 Å². The standard InChI is InChI=1S/C22H24N4O3/c1-28-19-9-8-16(10-20(19)29-2)21-18(22(27)24-13-15-11-23-12-15)14-26(25-21)17-6-4-3-5-7-17/h3-10,14-15,23H,11-13H2,1-2H3,(H,24,27). The predicted molar refractivity (Wildman–Crippen MR) is 111 cm³/mol. The van der Waals surface area contributed by atoms with Crippen molar-refractivity contribution in [3.05, 3.63) is 60.3 Å². The number of methoxy groups -OCH3 is 2. The van der Waals surface area contributed by atoms with Crippen molar-refractivity contribution in [2.75, 3.05) is 33.9 Å². The molecule has 29 heavy (non-hydrogen) atoms. The van der Waals surface area contributed by atoms with Crippen LogP contribution in [0.4, 0.5) is 0 Å². The van der Waals surface area contributed by atoms with E-state index in [1.807, 2.05) is 48.5 Å². The van der Waals surface area contributed by atoms with Gasteiger partial charge in [0.2, 0.25) is 0 Å². The van der Waals surface area contributed by atoms with Crippen molar-refractivity contribution >= 4 is 5.91 Å². The highest BCUT2D eigenvalue weighted by Gasteiger charge is 2.22. The second-order valence-electron chi connectivity index (χ2n) is 6.98. The average Bonchev–Trinajstić information content (AvgIpc) is 3.18. The van der Waals surface area contributed by atoms with Crippen LogP contribution in [0, 0.1) is 5.92 Å². The molecule has 2 N–H and O–H groups in total. The Morgan fingerprint density at radius 2 is 1.90 bits per heavy atom. The minimum atomic E-state index is -0.135. The van der Waals surface area contributed by atoms with Gasteiger partial charge in [0.25, 0.3) is 5.91 Å². The molecule has 0 aliphatic carbocycles. The van der Waals surface area contributed by atoms with E-state index in [9.17, 15) is 4.79 Å². The molecule has 7 heteroatoms. The molecule has 2 heterocycles. The molecule has 1 amide bonds. The van der Waals surface area contributed by atoms with E-state index in [1.54, 1.807) is 25.1 Å². The third-order valence-electron chi connectivity index (χ3n) is 5.05. The quantitative estimate of drug-likeness (QED) is 0.646. The summed E-state index contributed by atoms with van der Waals surface area (Å²) in [6.45, 7) is 2.52. The van der Waals surface area contributed by atoms with Gasteiger partial charge in [0, 0.05) is 37.3 Å². The van der Waals surface area contributed by atoms with Gasteiger partial charge in [-0.15, -0.1) is 0 Å². The predicted octanol–water partition coefficient (Wildman–Crippen LogP) is 2.51. The molecule has 150 valence electrons. The van der Waals surface area contributed by atoms with Crippen molar-refractivity contribution in [1.82, 2.24) is 20.4 Å².